The van der Waals surface area contributed by atoms with Gasteiger partial charge in [-0.15, -0.1) is 0 Å². The third kappa shape index (κ3) is 3.72. The first-order valence-electron chi connectivity index (χ1n) is 4.35. The van der Waals surface area contributed by atoms with Crippen molar-refractivity contribution in [1.29, 1.82) is 0 Å². The second-order valence-corrected chi connectivity index (χ2v) is 4.23. The van der Waals surface area contributed by atoms with Gasteiger partial charge >= 0.3 is 0 Å². The Labute approximate surface area is 74.7 Å². The number of nitrogens with one attached hydrogen (secondary N) is 1. The van der Waals surface area contributed by atoms with E-state index < -0.39 is 5.54 Å². The second kappa shape index (κ2) is 3.90. The summed E-state index contributed by atoms with van der Waals surface area (Å²) in [5, 5.41) is 2.86. The van der Waals surface area contributed by atoms with Gasteiger partial charge in [0.05, 0.1) is 5.54 Å². The normalized spacial score (nSPS) is 14.6. The van der Waals surface area contributed by atoms with Crippen LogP contribution in [0.15, 0.2) is 0 Å². The van der Waals surface area contributed by atoms with Crippen LogP contribution in [0.4, 0.5) is 0 Å². The number of carbonyl (C=O) groups is 1. The van der Waals surface area contributed by atoms with Gasteiger partial charge in [-0.05, 0) is 26.7 Å². The predicted octanol–water partition coefficient (Wildman–Crippen LogP) is 0.884. The summed E-state index contributed by atoms with van der Waals surface area (Å²) in [6, 6.07) is 0.181. The van der Waals surface area contributed by atoms with Gasteiger partial charge in [0.25, 0.3) is 0 Å². The minimum absolute atomic E-state index is 0.0938. The van der Waals surface area contributed by atoms with Gasteiger partial charge in [-0.2, -0.15) is 0 Å². The van der Waals surface area contributed by atoms with Gasteiger partial charge in [-0.1, -0.05) is 13.8 Å². The summed E-state index contributed by atoms with van der Waals surface area (Å²) in [6.45, 7) is 9.52. The summed E-state index contributed by atoms with van der Waals surface area (Å²) >= 11 is 0. The van der Waals surface area contributed by atoms with Crippen LogP contribution in [-0.2, 0) is 4.79 Å². The molecule has 0 heterocycles. The number of amides is 1. The molecule has 0 aromatic heterocycles. The lowest BCUT2D eigenvalue weighted by Gasteiger charge is -2.23. The molecular formula is C9H20N2O. The van der Waals surface area contributed by atoms with Crippen molar-refractivity contribution in [3.05, 3.63) is 0 Å². The van der Waals surface area contributed by atoms with Gasteiger partial charge < -0.3 is 11.1 Å². The molecule has 0 aliphatic carbocycles. The molecule has 0 fully saturated rings. The highest BCUT2D eigenvalue weighted by molar-refractivity contribution is 5.85. The molecule has 1 atom stereocenters. The number of carbonyl (C=O) groups excluding carboxylic acids is 1. The van der Waals surface area contributed by atoms with Crippen molar-refractivity contribution < 1.29 is 4.79 Å². The third-order valence-electron chi connectivity index (χ3n) is 1.94. The average molecular weight is 172 g/mol. The summed E-state index contributed by atoms with van der Waals surface area (Å²) in [5.41, 5.74) is 4.84. The first-order chi connectivity index (χ1) is 5.25. The van der Waals surface area contributed by atoms with Crippen molar-refractivity contribution in [3.63, 3.8) is 0 Å². The molecule has 0 aliphatic heterocycles. The van der Waals surface area contributed by atoms with Gasteiger partial charge in [0.1, 0.15) is 0 Å². The molecule has 0 unspecified atom stereocenters. The van der Waals surface area contributed by atoms with Crippen molar-refractivity contribution in [2.24, 2.45) is 11.7 Å². The van der Waals surface area contributed by atoms with Gasteiger partial charge in [-0.3, -0.25) is 4.79 Å². The molecule has 0 aliphatic rings. The molecule has 0 aromatic carbocycles. The molecule has 0 saturated heterocycles. The van der Waals surface area contributed by atoms with E-state index in [-0.39, 0.29) is 11.9 Å². The third-order valence-corrected chi connectivity index (χ3v) is 1.94. The molecule has 0 radical (unpaired) electrons. The summed E-state index contributed by atoms with van der Waals surface area (Å²) < 4.78 is 0. The molecule has 0 spiro atoms. The molecule has 3 heteroatoms. The number of hydrogen-bond donors (Lipinski definition) is 2. The number of hydrogen-bond acceptors (Lipinski definition) is 2. The quantitative estimate of drug-likeness (QED) is 0.664. The molecular weight excluding hydrogens is 152 g/mol. The van der Waals surface area contributed by atoms with E-state index in [2.05, 4.69) is 19.2 Å². The van der Waals surface area contributed by atoms with Crippen LogP contribution >= 0.6 is 0 Å². The van der Waals surface area contributed by atoms with E-state index in [0.717, 1.165) is 0 Å². The van der Waals surface area contributed by atoms with Gasteiger partial charge in [0.15, 0.2) is 0 Å². The van der Waals surface area contributed by atoms with Gasteiger partial charge in [0.2, 0.25) is 5.91 Å². The van der Waals surface area contributed by atoms with Crippen LogP contribution in [0, 0.1) is 5.92 Å². The van der Waals surface area contributed by atoms with Crippen LogP contribution < -0.4 is 11.1 Å². The molecule has 3 N–H and O–H groups in total. The Morgan fingerprint density at radius 3 is 2.00 bits per heavy atom. The fourth-order valence-corrected chi connectivity index (χ4v) is 0.559. The fraction of sp³-hybridized carbons (Fsp3) is 0.889. The van der Waals surface area contributed by atoms with Crippen molar-refractivity contribution in [2.75, 3.05) is 0 Å². The highest BCUT2D eigenvalue weighted by Crippen LogP contribution is 2.03. The largest absolute Gasteiger partial charge is 0.352 e. The molecule has 0 bridgehead atoms. The Balaban J connectivity index is 4.02. The Morgan fingerprint density at radius 2 is 1.75 bits per heavy atom. The predicted molar refractivity (Wildman–Crippen MR) is 50.7 cm³/mol. The van der Waals surface area contributed by atoms with Crippen LogP contribution in [-0.4, -0.2) is 17.5 Å². The summed E-state index contributed by atoms with van der Waals surface area (Å²) in [7, 11) is 0. The smallest absolute Gasteiger partial charge is 0.239 e. The Hall–Kier alpha value is -0.570. The standard InChI is InChI=1S/C9H20N2O/c1-6(2)7(3)11-8(12)9(4,5)10/h6-7H,10H2,1-5H3,(H,11,12)/t7-/m1/s1. The van der Waals surface area contributed by atoms with E-state index in [9.17, 15) is 4.79 Å². The highest BCUT2D eigenvalue weighted by Gasteiger charge is 2.23. The molecule has 72 valence electrons. The minimum atomic E-state index is -0.775. The number of rotatable bonds is 3. The van der Waals surface area contributed by atoms with Crippen molar-refractivity contribution in [1.82, 2.24) is 5.32 Å². The van der Waals surface area contributed by atoms with Crippen LogP contribution in [0.3, 0.4) is 0 Å². The van der Waals surface area contributed by atoms with Crippen LogP contribution in [0.5, 0.6) is 0 Å². The summed E-state index contributed by atoms with van der Waals surface area (Å²) in [6.07, 6.45) is 0. The van der Waals surface area contributed by atoms with E-state index >= 15 is 0 Å². The monoisotopic (exact) mass is 172 g/mol. The van der Waals surface area contributed by atoms with E-state index in [4.69, 9.17) is 5.73 Å². The SMILES string of the molecule is CC(C)[C@@H](C)NC(=O)C(C)(C)N. The zero-order valence-corrected chi connectivity index (χ0v) is 8.64. The maximum Gasteiger partial charge on any atom is 0.239 e. The van der Waals surface area contributed by atoms with E-state index in [1.165, 1.54) is 0 Å². The molecule has 1 amide bonds. The van der Waals surface area contributed by atoms with Crippen LogP contribution in [0.1, 0.15) is 34.6 Å². The Bertz CT molecular complexity index is 158. The highest BCUT2D eigenvalue weighted by atomic mass is 16.2. The van der Waals surface area contributed by atoms with Crippen LogP contribution in [0.25, 0.3) is 0 Å². The Kier molecular flexibility index (Phi) is 3.71. The molecule has 12 heavy (non-hydrogen) atoms. The van der Waals surface area contributed by atoms with Crippen molar-refractivity contribution in [2.45, 2.75) is 46.2 Å². The first-order valence-corrected chi connectivity index (χ1v) is 4.35. The number of nitrogens with two attached hydrogens (primary N) is 1. The molecule has 3 nitrogen and oxygen atoms in total. The topological polar surface area (TPSA) is 55.1 Å². The van der Waals surface area contributed by atoms with E-state index in [1.54, 1.807) is 13.8 Å². The van der Waals surface area contributed by atoms with Crippen molar-refractivity contribution >= 4 is 5.91 Å². The lowest BCUT2D eigenvalue weighted by molar-refractivity contribution is -0.126. The lowest BCUT2D eigenvalue weighted by Crippen LogP contribution is -2.52. The molecule has 0 saturated carbocycles. The van der Waals surface area contributed by atoms with Gasteiger partial charge in [-0.25, -0.2) is 0 Å². The fourth-order valence-electron chi connectivity index (χ4n) is 0.559. The minimum Gasteiger partial charge on any atom is -0.352 e. The molecule has 0 rings (SSSR count). The Morgan fingerprint density at radius 1 is 1.33 bits per heavy atom. The lowest BCUT2D eigenvalue weighted by atomic mass is 10.0. The zero-order chi connectivity index (χ0) is 9.94. The average Bonchev–Trinajstić information content (AvgIpc) is 1.85. The maximum absolute atomic E-state index is 11.3. The second-order valence-electron chi connectivity index (χ2n) is 4.23. The van der Waals surface area contributed by atoms with E-state index in [1.807, 2.05) is 6.92 Å². The first kappa shape index (κ1) is 11.4. The van der Waals surface area contributed by atoms with Crippen molar-refractivity contribution in [3.8, 4) is 0 Å². The van der Waals surface area contributed by atoms with Gasteiger partial charge in [0, 0.05) is 6.04 Å². The van der Waals surface area contributed by atoms with E-state index in [0.29, 0.717) is 5.92 Å². The summed E-state index contributed by atoms with van der Waals surface area (Å²) in [5.74, 6) is 0.347. The zero-order valence-electron chi connectivity index (χ0n) is 8.64. The molecule has 0 aromatic rings. The summed E-state index contributed by atoms with van der Waals surface area (Å²) in [4.78, 5) is 11.3. The van der Waals surface area contributed by atoms with Crippen LogP contribution in [0.2, 0.25) is 0 Å². The maximum atomic E-state index is 11.3.